The Hall–Kier alpha value is -1.66. The molecule has 0 aliphatic carbocycles. The molecule has 0 bridgehead atoms. The van der Waals surface area contributed by atoms with Crippen LogP contribution in [0.3, 0.4) is 0 Å². The van der Waals surface area contributed by atoms with Crippen LogP contribution in [-0.2, 0) is 0 Å². The molecule has 4 nitrogen and oxygen atoms in total. The molecule has 0 fully saturated rings. The average Bonchev–Trinajstić information content (AvgIpc) is 2.99. The third-order valence-electron chi connectivity index (χ3n) is 2.44. The second-order valence-electron chi connectivity index (χ2n) is 3.68. The lowest BCUT2D eigenvalue weighted by Gasteiger charge is -2.01. The Kier molecular flexibility index (Phi) is 2.89. The summed E-state index contributed by atoms with van der Waals surface area (Å²) >= 11 is 4.99. The fraction of sp³-hybridized carbons (Fsp3) is 0. The Labute approximate surface area is 116 Å². The summed E-state index contributed by atoms with van der Waals surface area (Å²) in [5.41, 5.74) is 6.84. The molecular formula is C12H9BrN4S. The third-order valence-corrected chi connectivity index (χ3v) is 3.80. The molecule has 18 heavy (non-hydrogen) atoms. The number of aromatic nitrogens is 3. The SMILES string of the molecule is Nc1cc(-c2cccs2)nn1-c1ccc(Br)cn1. The quantitative estimate of drug-likeness (QED) is 0.787. The van der Waals surface area contributed by atoms with Gasteiger partial charge in [0, 0.05) is 16.7 Å². The first-order chi connectivity index (χ1) is 8.74. The Morgan fingerprint density at radius 2 is 2.17 bits per heavy atom. The summed E-state index contributed by atoms with van der Waals surface area (Å²) in [5, 5.41) is 6.49. The van der Waals surface area contributed by atoms with Crippen LogP contribution >= 0.6 is 27.3 Å². The largest absolute Gasteiger partial charge is 0.384 e. The maximum Gasteiger partial charge on any atom is 0.155 e. The summed E-state index contributed by atoms with van der Waals surface area (Å²) in [6.45, 7) is 0. The molecule has 0 atom stereocenters. The highest BCUT2D eigenvalue weighted by atomic mass is 79.9. The van der Waals surface area contributed by atoms with Gasteiger partial charge in [0.05, 0.1) is 4.88 Å². The van der Waals surface area contributed by atoms with E-state index in [1.807, 2.05) is 35.7 Å². The molecular weight excluding hydrogens is 312 g/mol. The lowest BCUT2D eigenvalue weighted by atomic mass is 10.3. The summed E-state index contributed by atoms with van der Waals surface area (Å²) in [6, 6.07) is 9.65. The minimum absolute atomic E-state index is 0.577. The molecule has 0 saturated heterocycles. The van der Waals surface area contributed by atoms with E-state index >= 15 is 0 Å². The van der Waals surface area contributed by atoms with Crippen LogP contribution in [0.25, 0.3) is 16.4 Å². The van der Waals surface area contributed by atoms with Gasteiger partial charge < -0.3 is 5.73 Å². The standard InChI is InChI=1S/C12H9BrN4S/c13-8-3-4-12(15-7-8)17-11(14)6-9(16-17)10-2-1-5-18-10/h1-7H,14H2. The van der Waals surface area contributed by atoms with Gasteiger partial charge in [-0.25, -0.2) is 4.98 Å². The van der Waals surface area contributed by atoms with Gasteiger partial charge in [-0.3, -0.25) is 0 Å². The van der Waals surface area contributed by atoms with Crippen molar-refractivity contribution in [2.45, 2.75) is 0 Å². The summed E-state index contributed by atoms with van der Waals surface area (Å²) in [7, 11) is 0. The summed E-state index contributed by atoms with van der Waals surface area (Å²) in [5.74, 6) is 1.28. The minimum atomic E-state index is 0.577. The Morgan fingerprint density at radius 1 is 1.28 bits per heavy atom. The number of halogens is 1. The lowest BCUT2D eigenvalue weighted by Crippen LogP contribution is -2.03. The second kappa shape index (κ2) is 4.55. The molecule has 0 aliphatic rings. The number of thiophene rings is 1. The van der Waals surface area contributed by atoms with Crippen molar-refractivity contribution >= 4 is 33.1 Å². The van der Waals surface area contributed by atoms with Crippen molar-refractivity contribution in [3.05, 3.63) is 46.4 Å². The number of rotatable bonds is 2. The van der Waals surface area contributed by atoms with Gasteiger partial charge in [-0.1, -0.05) is 6.07 Å². The normalized spacial score (nSPS) is 10.7. The monoisotopic (exact) mass is 320 g/mol. The van der Waals surface area contributed by atoms with Crippen molar-refractivity contribution in [1.82, 2.24) is 14.8 Å². The molecule has 3 rings (SSSR count). The molecule has 0 amide bonds. The van der Waals surface area contributed by atoms with E-state index in [4.69, 9.17) is 5.73 Å². The van der Waals surface area contributed by atoms with Crippen LogP contribution in [0.1, 0.15) is 0 Å². The number of hydrogen-bond acceptors (Lipinski definition) is 4. The van der Waals surface area contributed by atoms with E-state index in [0.29, 0.717) is 11.6 Å². The highest BCUT2D eigenvalue weighted by molar-refractivity contribution is 9.10. The van der Waals surface area contributed by atoms with Gasteiger partial charge in [0.2, 0.25) is 0 Å². The van der Waals surface area contributed by atoms with Crippen LogP contribution in [-0.4, -0.2) is 14.8 Å². The molecule has 0 radical (unpaired) electrons. The molecule has 3 aromatic rings. The van der Waals surface area contributed by atoms with Crippen LogP contribution in [0.15, 0.2) is 46.4 Å². The van der Waals surface area contributed by atoms with Crippen LogP contribution in [0.4, 0.5) is 5.82 Å². The van der Waals surface area contributed by atoms with Crippen molar-refractivity contribution in [3.8, 4) is 16.4 Å². The number of hydrogen-bond donors (Lipinski definition) is 1. The average molecular weight is 321 g/mol. The van der Waals surface area contributed by atoms with Crippen molar-refractivity contribution in [2.24, 2.45) is 0 Å². The van der Waals surface area contributed by atoms with Crippen molar-refractivity contribution in [1.29, 1.82) is 0 Å². The number of nitrogens with two attached hydrogens (primary N) is 1. The smallest absolute Gasteiger partial charge is 0.155 e. The van der Waals surface area contributed by atoms with E-state index in [-0.39, 0.29) is 0 Å². The molecule has 90 valence electrons. The second-order valence-corrected chi connectivity index (χ2v) is 5.54. The number of nitrogen functional groups attached to an aromatic ring is 1. The highest BCUT2D eigenvalue weighted by Gasteiger charge is 2.10. The lowest BCUT2D eigenvalue weighted by molar-refractivity contribution is 0.860. The summed E-state index contributed by atoms with van der Waals surface area (Å²) < 4.78 is 2.57. The van der Waals surface area contributed by atoms with E-state index in [0.717, 1.165) is 15.0 Å². The van der Waals surface area contributed by atoms with Crippen LogP contribution in [0.5, 0.6) is 0 Å². The van der Waals surface area contributed by atoms with Gasteiger partial charge in [0.15, 0.2) is 5.82 Å². The fourth-order valence-electron chi connectivity index (χ4n) is 1.62. The molecule has 0 spiro atoms. The molecule has 0 aromatic carbocycles. The van der Waals surface area contributed by atoms with E-state index in [9.17, 15) is 0 Å². The minimum Gasteiger partial charge on any atom is -0.384 e. The number of pyridine rings is 1. The van der Waals surface area contributed by atoms with E-state index < -0.39 is 0 Å². The molecule has 0 unspecified atom stereocenters. The third kappa shape index (κ3) is 2.04. The van der Waals surface area contributed by atoms with Crippen LogP contribution < -0.4 is 5.73 Å². The van der Waals surface area contributed by atoms with Gasteiger partial charge in [-0.2, -0.15) is 9.78 Å². The van der Waals surface area contributed by atoms with Crippen molar-refractivity contribution in [2.75, 3.05) is 5.73 Å². The maximum absolute atomic E-state index is 5.97. The first-order valence-corrected chi connectivity index (χ1v) is 6.92. The van der Waals surface area contributed by atoms with Gasteiger partial charge in [-0.15, -0.1) is 11.3 Å². The summed E-state index contributed by atoms with van der Waals surface area (Å²) in [6.07, 6.45) is 1.72. The number of nitrogens with zero attached hydrogens (tertiary/aromatic N) is 3. The van der Waals surface area contributed by atoms with E-state index in [2.05, 4.69) is 26.0 Å². The Balaban J connectivity index is 2.06. The topological polar surface area (TPSA) is 56.7 Å². The van der Waals surface area contributed by atoms with E-state index in [1.54, 1.807) is 22.2 Å². The van der Waals surface area contributed by atoms with Gasteiger partial charge in [0.25, 0.3) is 0 Å². The fourth-order valence-corrected chi connectivity index (χ4v) is 2.53. The van der Waals surface area contributed by atoms with E-state index in [1.165, 1.54) is 0 Å². The van der Waals surface area contributed by atoms with Gasteiger partial charge >= 0.3 is 0 Å². The predicted molar refractivity (Wildman–Crippen MR) is 76.8 cm³/mol. The van der Waals surface area contributed by atoms with Crippen LogP contribution in [0, 0.1) is 0 Å². The summed E-state index contributed by atoms with van der Waals surface area (Å²) in [4.78, 5) is 5.38. The predicted octanol–water partition coefficient (Wildman–Crippen LogP) is 3.34. The molecule has 3 aromatic heterocycles. The van der Waals surface area contributed by atoms with Crippen LogP contribution in [0.2, 0.25) is 0 Å². The first kappa shape index (κ1) is 11.4. The first-order valence-electron chi connectivity index (χ1n) is 5.25. The maximum atomic E-state index is 5.97. The molecule has 2 N–H and O–H groups in total. The zero-order valence-electron chi connectivity index (χ0n) is 9.25. The molecule has 0 aliphatic heterocycles. The molecule has 6 heteroatoms. The zero-order valence-corrected chi connectivity index (χ0v) is 11.6. The van der Waals surface area contributed by atoms with Crippen molar-refractivity contribution < 1.29 is 0 Å². The Morgan fingerprint density at radius 3 is 2.83 bits per heavy atom. The zero-order chi connectivity index (χ0) is 12.5. The highest BCUT2D eigenvalue weighted by Crippen LogP contribution is 2.26. The number of anilines is 1. The van der Waals surface area contributed by atoms with Gasteiger partial charge in [0.1, 0.15) is 11.5 Å². The van der Waals surface area contributed by atoms with Gasteiger partial charge in [-0.05, 0) is 39.5 Å². The molecule has 3 heterocycles. The van der Waals surface area contributed by atoms with Crippen molar-refractivity contribution in [3.63, 3.8) is 0 Å². The Bertz CT molecular complexity index is 658. The molecule has 0 saturated carbocycles.